The summed E-state index contributed by atoms with van der Waals surface area (Å²) in [4.78, 5) is 23.0. The van der Waals surface area contributed by atoms with Gasteiger partial charge in [-0.3, -0.25) is 9.59 Å². The van der Waals surface area contributed by atoms with Gasteiger partial charge < -0.3 is 16.0 Å². The van der Waals surface area contributed by atoms with Crippen LogP contribution in [0.4, 0.5) is 11.4 Å². The van der Waals surface area contributed by atoms with Gasteiger partial charge in [0.15, 0.2) is 0 Å². The van der Waals surface area contributed by atoms with Gasteiger partial charge in [-0.15, -0.1) is 0 Å². The van der Waals surface area contributed by atoms with Crippen LogP contribution in [-0.4, -0.2) is 24.4 Å². The molecule has 0 saturated heterocycles. The van der Waals surface area contributed by atoms with Gasteiger partial charge in [-0.25, -0.2) is 0 Å². The molecular formula is C15H23N3O2. The van der Waals surface area contributed by atoms with E-state index in [0.29, 0.717) is 6.42 Å². The van der Waals surface area contributed by atoms with Crippen molar-refractivity contribution in [2.45, 2.75) is 39.7 Å². The summed E-state index contributed by atoms with van der Waals surface area (Å²) in [5, 5.41) is 8.66. The second kappa shape index (κ2) is 8.19. The lowest BCUT2D eigenvalue weighted by atomic mass is 10.2. The van der Waals surface area contributed by atoms with Crippen molar-refractivity contribution in [3.8, 4) is 0 Å². The lowest BCUT2D eigenvalue weighted by Gasteiger charge is -2.11. The summed E-state index contributed by atoms with van der Waals surface area (Å²) >= 11 is 0. The Kier molecular flexibility index (Phi) is 6.56. The SMILES string of the molecule is CCCC(=O)Nc1cccc(NCC(=O)NC(C)C)c1. The van der Waals surface area contributed by atoms with Gasteiger partial charge >= 0.3 is 0 Å². The van der Waals surface area contributed by atoms with Gasteiger partial charge in [0.05, 0.1) is 6.54 Å². The van der Waals surface area contributed by atoms with Crippen LogP contribution < -0.4 is 16.0 Å². The Labute approximate surface area is 120 Å². The number of carbonyl (C=O) groups excluding carboxylic acids is 2. The summed E-state index contributed by atoms with van der Waals surface area (Å²) in [6, 6.07) is 7.47. The summed E-state index contributed by atoms with van der Waals surface area (Å²) in [6.07, 6.45) is 1.33. The molecule has 0 aliphatic rings. The van der Waals surface area contributed by atoms with Crippen LogP contribution in [0.1, 0.15) is 33.6 Å². The maximum atomic E-state index is 11.5. The highest BCUT2D eigenvalue weighted by Gasteiger charge is 2.04. The van der Waals surface area contributed by atoms with E-state index in [9.17, 15) is 9.59 Å². The number of anilines is 2. The van der Waals surface area contributed by atoms with Crippen molar-refractivity contribution < 1.29 is 9.59 Å². The van der Waals surface area contributed by atoms with E-state index in [1.807, 2.05) is 45.0 Å². The zero-order chi connectivity index (χ0) is 15.0. The van der Waals surface area contributed by atoms with Crippen LogP contribution in [0.15, 0.2) is 24.3 Å². The molecule has 0 aliphatic carbocycles. The molecule has 0 aromatic heterocycles. The molecule has 2 amide bonds. The molecule has 0 aliphatic heterocycles. The zero-order valence-corrected chi connectivity index (χ0v) is 12.3. The first kappa shape index (κ1) is 16.0. The molecule has 1 aromatic carbocycles. The molecule has 0 bridgehead atoms. The van der Waals surface area contributed by atoms with Crippen LogP contribution in [0.25, 0.3) is 0 Å². The Balaban J connectivity index is 2.51. The van der Waals surface area contributed by atoms with E-state index in [-0.39, 0.29) is 24.4 Å². The fourth-order valence-electron chi connectivity index (χ4n) is 1.71. The predicted octanol–water partition coefficient (Wildman–Crippen LogP) is 2.36. The molecule has 0 atom stereocenters. The summed E-state index contributed by atoms with van der Waals surface area (Å²) in [7, 11) is 0. The highest BCUT2D eigenvalue weighted by Crippen LogP contribution is 2.15. The van der Waals surface area contributed by atoms with Gasteiger partial charge in [-0.2, -0.15) is 0 Å². The molecule has 0 unspecified atom stereocenters. The predicted molar refractivity (Wildman–Crippen MR) is 81.7 cm³/mol. The zero-order valence-electron chi connectivity index (χ0n) is 12.3. The van der Waals surface area contributed by atoms with Gasteiger partial charge in [0.1, 0.15) is 0 Å². The topological polar surface area (TPSA) is 70.2 Å². The molecule has 0 heterocycles. The maximum absolute atomic E-state index is 11.5. The van der Waals surface area contributed by atoms with Crippen molar-refractivity contribution in [3.63, 3.8) is 0 Å². The van der Waals surface area contributed by atoms with Crippen molar-refractivity contribution in [2.75, 3.05) is 17.2 Å². The lowest BCUT2D eigenvalue weighted by molar-refractivity contribution is -0.120. The number of nitrogens with one attached hydrogen (secondary N) is 3. The van der Waals surface area contributed by atoms with E-state index < -0.39 is 0 Å². The third-order valence-corrected chi connectivity index (χ3v) is 2.53. The first-order valence-electron chi connectivity index (χ1n) is 6.94. The van der Waals surface area contributed by atoms with E-state index in [1.165, 1.54) is 0 Å². The van der Waals surface area contributed by atoms with E-state index in [2.05, 4.69) is 16.0 Å². The lowest BCUT2D eigenvalue weighted by Crippen LogP contribution is -2.34. The molecule has 0 fully saturated rings. The number of rotatable bonds is 7. The van der Waals surface area contributed by atoms with Crippen LogP contribution >= 0.6 is 0 Å². The highest BCUT2D eigenvalue weighted by atomic mass is 16.2. The Morgan fingerprint density at radius 1 is 1.15 bits per heavy atom. The normalized spacial score (nSPS) is 10.2. The quantitative estimate of drug-likeness (QED) is 0.716. The Bertz CT molecular complexity index is 458. The molecule has 0 spiro atoms. The number of hydrogen-bond acceptors (Lipinski definition) is 3. The molecule has 3 N–H and O–H groups in total. The highest BCUT2D eigenvalue weighted by molar-refractivity contribution is 5.91. The van der Waals surface area contributed by atoms with Crippen molar-refractivity contribution in [1.29, 1.82) is 0 Å². The van der Waals surface area contributed by atoms with Crippen LogP contribution in [0.3, 0.4) is 0 Å². The average molecular weight is 277 g/mol. The molecule has 20 heavy (non-hydrogen) atoms. The number of hydrogen-bond donors (Lipinski definition) is 3. The maximum Gasteiger partial charge on any atom is 0.239 e. The van der Waals surface area contributed by atoms with Crippen LogP contribution in [0.5, 0.6) is 0 Å². The van der Waals surface area contributed by atoms with E-state index in [4.69, 9.17) is 0 Å². The average Bonchev–Trinajstić information content (AvgIpc) is 2.36. The summed E-state index contributed by atoms with van der Waals surface area (Å²) < 4.78 is 0. The minimum atomic E-state index is -0.0552. The van der Waals surface area contributed by atoms with Crippen LogP contribution in [0, 0.1) is 0 Å². The molecule has 5 nitrogen and oxygen atoms in total. The Morgan fingerprint density at radius 2 is 1.85 bits per heavy atom. The number of carbonyl (C=O) groups is 2. The van der Waals surface area contributed by atoms with Crippen molar-refractivity contribution >= 4 is 23.2 Å². The number of amides is 2. The second-order valence-electron chi connectivity index (χ2n) is 4.95. The fraction of sp³-hybridized carbons (Fsp3) is 0.467. The van der Waals surface area contributed by atoms with Crippen LogP contribution in [-0.2, 0) is 9.59 Å². The molecule has 0 saturated carbocycles. The Hall–Kier alpha value is -2.04. The molecule has 0 radical (unpaired) electrons. The van der Waals surface area contributed by atoms with Gasteiger partial charge in [0.25, 0.3) is 0 Å². The molecular weight excluding hydrogens is 254 g/mol. The largest absolute Gasteiger partial charge is 0.376 e. The van der Waals surface area contributed by atoms with Gasteiger partial charge in [0.2, 0.25) is 11.8 Å². The van der Waals surface area contributed by atoms with Gasteiger partial charge in [-0.05, 0) is 38.5 Å². The smallest absolute Gasteiger partial charge is 0.239 e. The molecule has 110 valence electrons. The van der Waals surface area contributed by atoms with Crippen molar-refractivity contribution in [2.24, 2.45) is 0 Å². The molecule has 1 rings (SSSR count). The minimum Gasteiger partial charge on any atom is -0.376 e. The summed E-state index contributed by atoms with van der Waals surface area (Å²) in [5.74, 6) is -0.0531. The van der Waals surface area contributed by atoms with E-state index in [0.717, 1.165) is 17.8 Å². The van der Waals surface area contributed by atoms with Crippen molar-refractivity contribution in [1.82, 2.24) is 5.32 Å². The van der Waals surface area contributed by atoms with Crippen LogP contribution in [0.2, 0.25) is 0 Å². The Morgan fingerprint density at radius 3 is 2.50 bits per heavy atom. The fourth-order valence-corrected chi connectivity index (χ4v) is 1.71. The van der Waals surface area contributed by atoms with E-state index in [1.54, 1.807) is 0 Å². The monoisotopic (exact) mass is 277 g/mol. The van der Waals surface area contributed by atoms with E-state index >= 15 is 0 Å². The number of benzene rings is 1. The minimum absolute atomic E-state index is 0.00204. The first-order chi connectivity index (χ1) is 9.51. The third kappa shape index (κ3) is 6.22. The van der Waals surface area contributed by atoms with Gasteiger partial charge in [-0.1, -0.05) is 13.0 Å². The molecule has 1 aromatic rings. The van der Waals surface area contributed by atoms with Gasteiger partial charge in [0, 0.05) is 23.8 Å². The standard InChI is InChI=1S/C15H23N3O2/c1-4-6-14(19)18-13-8-5-7-12(9-13)16-10-15(20)17-11(2)3/h5,7-9,11,16H,4,6,10H2,1-3H3,(H,17,20)(H,18,19). The van der Waals surface area contributed by atoms with Crippen molar-refractivity contribution in [3.05, 3.63) is 24.3 Å². The third-order valence-electron chi connectivity index (χ3n) is 2.53. The second-order valence-corrected chi connectivity index (χ2v) is 4.95. The summed E-state index contributed by atoms with van der Waals surface area (Å²) in [5.41, 5.74) is 1.54. The molecule has 5 heteroatoms. The first-order valence-corrected chi connectivity index (χ1v) is 6.94. The summed E-state index contributed by atoms with van der Waals surface area (Å²) in [6.45, 7) is 6.01.